The number of carbonyl (C=O) groups is 2. The molecule has 3 rings (SSSR count). The largest absolute Gasteiger partial charge is 0.493 e. The number of aldehydes is 1. The number of hydrogen-bond donors (Lipinski definition) is 1. The van der Waals surface area contributed by atoms with Crippen LogP contribution >= 0.6 is 0 Å². The Balaban J connectivity index is 1.50. The van der Waals surface area contributed by atoms with E-state index in [9.17, 15) is 9.59 Å². The molecule has 0 amide bonds. The summed E-state index contributed by atoms with van der Waals surface area (Å²) in [6.07, 6.45) is 3.54. The van der Waals surface area contributed by atoms with Crippen LogP contribution in [0.5, 0.6) is 5.75 Å². The molecule has 140 valence electrons. The lowest BCUT2D eigenvalue weighted by atomic mass is 9.98. The third-order valence-electron chi connectivity index (χ3n) is 4.88. The Morgan fingerprint density at radius 3 is 2.81 bits per heavy atom. The van der Waals surface area contributed by atoms with Gasteiger partial charge in [0.1, 0.15) is 5.75 Å². The predicted octanol–water partition coefficient (Wildman–Crippen LogP) is 3.57. The average molecular weight is 366 g/mol. The van der Waals surface area contributed by atoms with Gasteiger partial charge in [0.15, 0.2) is 12.1 Å². The first-order chi connectivity index (χ1) is 13.0. The normalized spacial score (nSPS) is 21.1. The number of rotatable bonds is 9. The van der Waals surface area contributed by atoms with Gasteiger partial charge in [0, 0.05) is 12.1 Å². The molecule has 0 bridgehead atoms. The summed E-state index contributed by atoms with van der Waals surface area (Å²) < 4.78 is 5.77. The lowest BCUT2D eigenvalue weighted by Crippen LogP contribution is -2.06. The van der Waals surface area contributed by atoms with Crippen molar-refractivity contribution in [2.45, 2.75) is 32.1 Å². The molecule has 2 aromatic rings. The Morgan fingerprint density at radius 1 is 1.33 bits per heavy atom. The van der Waals surface area contributed by atoms with Crippen molar-refractivity contribution in [3.05, 3.63) is 53.7 Å². The molecule has 27 heavy (non-hydrogen) atoms. The molecular weight excluding hydrogens is 344 g/mol. The number of aliphatic imine (C=N–C) groups is 1. The molecule has 1 N–H and O–H groups in total. The summed E-state index contributed by atoms with van der Waals surface area (Å²) in [6, 6.07) is 13.3. The van der Waals surface area contributed by atoms with E-state index in [1.807, 2.05) is 43.3 Å². The van der Waals surface area contributed by atoms with Crippen molar-refractivity contribution < 1.29 is 19.4 Å². The molecule has 1 saturated carbocycles. The summed E-state index contributed by atoms with van der Waals surface area (Å²) >= 11 is 0. The first kappa shape index (κ1) is 18.8. The molecule has 1 aromatic heterocycles. The topological polar surface area (TPSA) is 88.9 Å². The zero-order valence-electron chi connectivity index (χ0n) is 15.2. The fraction of sp³-hybridized carbons (Fsp3) is 0.333. The third-order valence-corrected chi connectivity index (χ3v) is 4.88. The highest BCUT2D eigenvalue weighted by atomic mass is 16.5. The minimum atomic E-state index is -0.741. The van der Waals surface area contributed by atoms with Gasteiger partial charge in [0.2, 0.25) is 0 Å². The molecule has 0 spiro atoms. The second-order valence-electron chi connectivity index (χ2n) is 7.05. The first-order valence-corrected chi connectivity index (χ1v) is 8.88. The van der Waals surface area contributed by atoms with E-state index in [4.69, 9.17) is 9.84 Å². The van der Waals surface area contributed by atoms with Gasteiger partial charge in [-0.2, -0.15) is 0 Å². The molecule has 1 aliphatic rings. The van der Waals surface area contributed by atoms with Crippen LogP contribution in [0, 0.1) is 5.41 Å². The van der Waals surface area contributed by atoms with Crippen LogP contribution < -0.4 is 4.74 Å². The lowest BCUT2D eigenvalue weighted by Gasteiger charge is -2.10. The molecule has 2 unspecified atom stereocenters. The highest BCUT2D eigenvalue weighted by molar-refractivity contribution is 6.13. The average Bonchev–Trinajstić information content (AvgIpc) is 3.31. The summed E-state index contributed by atoms with van der Waals surface area (Å²) in [5.74, 6) is 0.836. The Kier molecular flexibility index (Phi) is 5.64. The SMILES string of the molecule is CC1(CC(=O)O)CC1c1ccc(OCCc2cccc(N=CC=O)n2)cc1. The fourth-order valence-corrected chi connectivity index (χ4v) is 3.32. The number of pyridine rings is 1. The quantitative estimate of drug-likeness (QED) is 0.541. The van der Waals surface area contributed by atoms with Crippen molar-refractivity contribution in [3.63, 3.8) is 0 Å². The third kappa shape index (κ3) is 5.00. The number of hydrogen-bond acceptors (Lipinski definition) is 5. The van der Waals surface area contributed by atoms with Crippen molar-refractivity contribution in [1.82, 2.24) is 4.98 Å². The van der Waals surface area contributed by atoms with E-state index >= 15 is 0 Å². The van der Waals surface area contributed by atoms with E-state index in [0.717, 1.165) is 23.4 Å². The fourth-order valence-electron chi connectivity index (χ4n) is 3.32. The van der Waals surface area contributed by atoms with Crippen LogP contribution in [0.2, 0.25) is 0 Å². The molecule has 1 heterocycles. The van der Waals surface area contributed by atoms with Crippen molar-refractivity contribution in [3.8, 4) is 5.75 Å². The molecule has 2 atom stereocenters. The number of carboxylic acid groups (broad SMARTS) is 1. The van der Waals surface area contributed by atoms with E-state index in [1.165, 1.54) is 6.21 Å². The highest BCUT2D eigenvalue weighted by Gasteiger charge is 2.51. The molecule has 6 nitrogen and oxygen atoms in total. The summed E-state index contributed by atoms with van der Waals surface area (Å²) in [4.78, 5) is 29.5. The van der Waals surface area contributed by atoms with Gasteiger partial charge in [-0.15, -0.1) is 0 Å². The van der Waals surface area contributed by atoms with E-state index < -0.39 is 5.97 Å². The van der Waals surface area contributed by atoms with Crippen LogP contribution in [0.15, 0.2) is 47.5 Å². The number of aliphatic carboxylic acids is 1. The Labute approximate surface area is 157 Å². The number of aromatic nitrogens is 1. The minimum absolute atomic E-state index is 0.128. The van der Waals surface area contributed by atoms with E-state index in [0.29, 0.717) is 31.0 Å². The first-order valence-electron chi connectivity index (χ1n) is 8.88. The van der Waals surface area contributed by atoms with Gasteiger partial charge in [0.05, 0.1) is 19.2 Å². The molecule has 1 fully saturated rings. The monoisotopic (exact) mass is 366 g/mol. The second-order valence-corrected chi connectivity index (χ2v) is 7.05. The molecule has 0 radical (unpaired) electrons. The van der Waals surface area contributed by atoms with Crippen LogP contribution in [-0.2, 0) is 16.0 Å². The van der Waals surface area contributed by atoms with Gasteiger partial charge in [-0.05, 0) is 47.6 Å². The molecule has 1 aromatic carbocycles. The van der Waals surface area contributed by atoms with Gasteiger partial charge in [0.25, 0.3) is 0 Å². The Morgan fingerprint density at radius 2 is 2.11 bits per heavy atom. The number of benzene rings is 1. The van der Waals surface area contributed by atoms with Crippen molar-refractivity contribution in [2.75, 3.05) is 6.61 Å². The summed E-state index contributed by atoms with van der Waals surface area (Å²) in [5, 5.41) is 9.00. The molecule has 0 aliphatic heterocycles. The minimum Gasteiger partial charge on any atom is -0.493 e. The number of carbonyl (C=O) groups excluding carboxylic acids is 1. The smallest absolute Gasteiger partial charge is 0.303 e. The van der Waals surface area contributed by atoms with Gasteiger partial charge < -0.3 is 9.84 Å². The number of nitrogens with zero attached hydrogens (tertiary/aromatic N) is 2. The molecule has 0 saturated heterocycles. The lowest BCUT2D eigenvalue weighted by molar-refractivity contribution is -0.138. The van der Waals surface area contributed by atoms with Crippen LogP contribution in [0.3, 0.4) is 0 Å². The van der Waals surface area contributed by atoms with Crippen molar-refractivity contribution in [1.29, 1.82) is 0 Å². The van der Waals surface area contributed by atoms with Gasteiger partial charge >= 0.3 is 5.97 Å². The van der Waals surface area contributed by atoms with Crippen molar-refractivity contribution >= 4 is 24.3 Å². The van der Waals surface area contributed by atoms with Gasteiger partial charge in [-0.25, -0.2) is 9.98 Å². The zero-order chi connectivity index (χ0) is 19.3. The maximum Gasteiger partial charge on any atom is 0.303 e. The summed E-state index contributed by atoms with van der Waals surface area (Å²) in [7, 11) is 0. The van der Waals surface area contributed by atoms with Crippen LogP contribution in [0.1, 0.15) is 36.9 Å². The van der Waals surface area contributed by atoms with E-state index in [-0.39, 0.29) is 11.8 Å². The zero-order valence-corrected chi connectivity index (χ0v) is 15.2. The Bertz CT molecular complexity index is 848. The Hall–Kier alpha value is -3.02. The van der Waals surface area contributed by atoms with E-state index in [1.54, 1.807) is 6.07 Å². The number of carboxylic acids is 1. The van der Waals surface area contributed by atoms with E-state index in [2.05, 4.69) is 9.98 Å². The summed E-state index contributed by atoms with van der Waals surface area (Å²) in [5.41, 5.74) is 1.88. The molecular formula is C21H22N2O4. The van der Waals surface area contributed by atoms with Crippen LogP contribution in [0.25, 0.3) is 0 Å². The van der Waals surface area contributed by atoms with Gasteiger partial charge in [-0.3, -0.25) is 9.59 Å². The maximum atomic E-state index is 10.9. The maximum absolute atomic E-state index is 10.9. The van der Waals surface area contributed by atoms with Gasteiger partial charge in [-0.1, -0.05) is 25.1 Å². The van der Waals surface area contributed by atoms with Crippen LogP contribution in [0.4, 0.5) is 5.82 Å². The molecule has 1 aliphatic carbocycles. The summed E-state index contributed by atoms with van der Waals surface area (Å²) in [6.45, 7) is 2.50. The number of ether oxygens (including phenoxy) is 1. The standard InChI is InChI=1S/C21H22N2O4/c1-21(14-20(25)26)13-18(21)15-5-7-17(8-6-15)27-12-9-16-3-2-4-19(23-16)22-10-11-24/h2-8,10-11,18H,9,12-14H2,1H3,(H,25,26). The van der Waals surface area contributed by atoms with Crippen LogP contribution in [-0.4, -0.2) is 35.2 Å². The van der Waals surface area contributed by atoms with Crippen molar-refractivity contribution in [2.24, 2.45) is 10.4 Å². The highest BCUT2D eigenvalue weighted by Crippen LogP contribution is 2.61. The second kappa shape index (κ2) is 8.12. The predicted molar refractivity (Wildman–Crippen MR) is 102 cm³/mol. The molecule has 6 heteroatoms.